The summed E-state index contributed by atoms with van der Waals surface area (Å²) < 4.78 is 5.35. The van der Waals surface area contributed by atoms with Gasteiger partial charge in [-0.1, -0.05) is 48.5 Å². The minimum absolute atomic E-state index is 0.286. The van der Waals surface area contributed by atoms with Crippen LogP contribution in [0.5, 0.6) is 0 Å². The van der Waals surface area contributed by atoms with Crippen molar-refractivity contribution in [2.24, 2.45) is 0 Å². The van der Waals surface area contributed by atoms with Crippen LogP contribution in [0.2, 0.25) is 0 Å². The zero-order chi connectivity index (χ0) is 13.9. The van der Waals surface area contributed by atoms with Crippen LogP contribution in [0, 0.1) is 6.92 Å². The molecule has 0 aliphatic rings. The molecule has 1 heterocycles. The quantitative estimate of drug-likeness (QED) is 0.731. The fourth-order valence-corrected chi connectivity index (χ4v) is 2.28. The predicted molar refractivity (Wildman–Crippen MR) is 78.6 cm³/mol. The average molecular weight is 265 g/mol. The number of carbonyl (C=O) groups excluding carboxylic acids is 1. The highest BCUT2D eigenvalue weighted by Gasteiger charge is 2.15. The van der Waals surface area contributed by atoms with Crippen molar-refractivity contribution in [3.8, 4) is 0 Å². The molecule has 100 valence electrons. The lowest BCUT2D eigenvalue weighted by Gasteiger charge is -2.04. The number of benzene rings is 2. The lowest BCUT2D eigenvalue weighted by Crippen LogP contribution is -2.07. The molecular weight excluding hydrogens is 250 g/mol. The van der Waals surface area contributed by atoms with Crippen molar-refractivity contribution in [3.63, 3.8) is 0 Å². The van der Waals surface area contributed by atoms with E-state index in [0.717, 1.165) is 22.0 Å². The molecule has 0 atom stereocenters. The van der Waals surface area contributed by atoms with Crippen LogP contribution in [0.3, 0.4) is 0 Å². The molecule has 0 bridgehead atoms. The first-order chi connectivity index (χ1) is 9.75. The van der Waals surface area contributed by atoms with Gasteiger partial charge in [-0.15, -0.1) is 0 Å². The first-order valence-electron chi connectivity index (χ1n) is 6.54. The molecule has 1 aromatic heterocycles. The number of hydrogen-bond acceptors (Lipinski definition) is 2. The van der Waals surface area contributed by atoms with E-state index < -0.39 is 0 Å². The maximum absolute atomic E-state index is 12.2. The van der Waals surface area contributed by atoms with E-state index in [2.05, 4.69) is 4.98 Å². The van der Waals surface area contributed by atoms with Gasteiger partial charge in [0.1, 0.15) is 12.3 Å². The molecule has 2 aromatic carbocycles. The fourth-order valence-electron chi connectivity index (χ4n) is 2.28. The van der Waals surface area contributed by atoms with Gasteiger partial charge in [-0.05, 0) is 24.1 Å². The van der Waals surface area contributed by atoms with Gasteiger partial charge >= 0.3 is 5.97 Å². The van der Waals surface area contributed by atoms with Crippen molar-refractivity contribution >= 4 is 16.9 Å². The van der Waals surface area contributed by atoms with Crippen molar-refractivity contribution in [3.05, 3.63) is 71.4 Å². The highest BCUT2D eigenvalue weighted by molar-refractivity contribution is 5.98. The Labute approximate surface area is 117 Å². The maximum atomic E-state index is 12.2. The second kappa shape index (κ2) is 5.21. The lowest BCUT2D eigenvalue weighted by atomic mass is 10.1. The number of rotatable bonds is 3. The summed E-state index contributed by atoms with van der Waals surface area (Å²) in [5, 5.41) is 1.05. The molecule has 3 rings (SSSR count). The van der Waals surface area contributed by atoms with Gasteiger partial charge in [0.2, 0.25) is 0 Å². The van der Waals surface area contributed by atoms with Gasteiger partial charge in [-0.3, -0.25) is 0 Å². The minimum atomic E-state index is -0.317. The number of hydrogen-bond donors (Lipinski definition) is 1. The molecule has 0 saturated carbocycles. The van der Waals surface area contributed by atoms with Crippen LogP contribution in [0.1, 0.15) is 21.6 Å². The molecule has 20 heavy (non-hydrogen) atoms. The molecular formula is C17H15NO2. The summed E-state index contributed by atoms with van der Waals surface area (Å²) in [6.45, 7) is 2.21. The number of ether oxygens (including phenoxy) is 1. The van der Waals surface area contributed by atoms with Gasteiger partial charge in [0, 0.05) is 10.9 Å². The number of aromatic nitrogens is 1. The third-order valence-corrected chi connectivity index (χ3v) is 3.38. The van der Waals surface area contributed by atoms with Crippen molar-refractivity contribution in [2.75, 3.05) is 0 Å². The number of H-pyrrole nitrogens is 1. The number of nitrogens with one attached hydrogen (secondary N) is 1. The van der Waals surface area contributed by atoms with Crippen molar-refractivity contribution < 1.29 is 9.53 Å². The Morgan fingerprint density at radius 3 is 2.50 bits per heavy atom. The van der Waals surface area contributed by atoms with Crippen LogP contribution in [-0.2, 0) is 11.3 Å². The zero-order valence-corrected chi connectivity index (χ0v) is 11.2. The Morgan fingerprint density at radius 1 is 1.05 bits per heavy atom. The largest absolute Gasteiger partial charge is 0.456 e. The van der Waals surface area contributed by atoms with E-state index in [1.165, 1.54) is 0 Å². The molecule has 3 aromatic rings. The number of para-hydroxylation sites is 1. The number of aryl methyl sites for hydroxylation is 1. The number of carbonyl (C=O) groups is 1. The molecule has 1 N–H and O–H groups in total. The average Bonchev–Trinajstić information content (AvgIpc) is 2.84. The summed E-state index contributed by atoms with van der Waals surface area (Å²) in [6, 6.07) is 17.5. The monoisotopic (exact) mass is 265 g/mol. The summed E-state index contributed by atoms with van der Waals surface area (Å²) in [5.74, 6) is -0.317. The molecule has 0 aliphatic carbocycles. The van der Waals surface area contributed by atoms with E-state index in [4.69, 9.17) is 4.74 Å². The van der Waals surface area contributed by atoms with Gasteiger partial charge in [0.15, 0.2) is 0 Å². The van der Waals surface area contributed by atoms with E-state index in [-0.39, 0.29) is 12.6 Å². The summed E-state index contributed by atoms with van der Waals surface area (Å²) in [5.41, 5.74) is 3.40. The Balaban J connectivity index is 1.81. The third-order valence-electron chi connectivity index (χ3n) is 3.38. The Bertz CT molecular complexity index is 744. The van der Waals surface area contributed by atoms with Crippen molar-refractivity contribution in [1.29, 1.82) is 0 Å². The summed E-state index contributed by atoms with van der Waals surface area (Å²) >= 11 is 0. The van der Waals surface area contributed by atoms with Crippen LogP contribution in [-0.4, -0.2) is 11.0 Å². The van der Waals surface area contributed by atoms with Gasteiger partial charge in [-0.25, -0.2) is 4.79 Å². The summed E-state index contributed by atoms with van der Waals surface area (Å²) in [4.78, 5) is 15.3. The Hall–Kier alpha value is -2.55. The smallest absolute Gasteiger partial charge is 0.355 e. The molecule has 0 aliphatic heterocycles. The van der Waals surface area contributed by atoms with E-state index in [9.17, 15) is 4.79 Å². The normalized spacial score (nSPS) is 10.7. The topological polar surface area (TPSA) is 42.1 Å². The van der Waals surface area contributed by atoms with Crippen molar-refractivity contribution in [1.82, 2.24) is 4.98 Å². The van der Waals surface area contributed by atoms with Gasteiger partial charge in [0.25, 0.3) is 0 Å². The molecule has 0 amide bonds. The first-order valence-corrected chi connectivity index (χ1v) is 6.54. The molecule has 3 heteroatoms. The maximum Gasteiger partial charge on any atom is 0.355 e. The van der Waals surface area contributed by atoms with E-state index in [1.54, 1.807) is 0 Å². The van der Waals surface area contributed by atoms with Crippen LogP contribution in [0.15, 0.2) is 54.6 Å². The molecule has 0 radical (unpaired) electrons. The molecule has 0 fully saturated rings. The highest BCUT2D eigenvalue weighted by atomic mass is 16.5. The standard InChI is InChI=1S/C17H15NO2/c1-12-14-9-5-6-10-15(14)18-16(12)17(19)20-11-13-7-3-2-4-8-13/h2-10,18H,11H2,1H3. The Kier molecular flexibility index (Phi) is 3.25. The number of fused-ring (bicyclic) bond motifs is 1. The third kappa shape index (κ3) is 2.30. The molecule has 0 saturated heterocycles. The zero-order valence-electron chi connectivity index (χ0n) is 11.2. The molecule has 0 spiro atoms. The van der Waals surface area contributed by atoms with Gasteiger partial charge in [0.05, 0.1) is 0 Å². The van der Waals surface area contributed by atoms with Gasteiger partial charge < -0.3 is 9.72 Å². The minimum Gasteiger partial charge on any atom is -0.456 e. The van der Waals surface area contributed by atoms with E-state index in [1.807, 2.05) is 61.5 Å². The summed E-state index contributed by atoms with van der Waals surface area (Å²) in [7, 11) is 0. The second-order valence-corrected chi connectivity index (χ2v) is 4.73. The highest BCUT2D eigenvalue weighted by Crippen LogP contribution is 2.22. The Morgan fingerprint density at radius 2 is 1.75 bits per heavy atom. The van der Waals surface area contributed by atoms with Crippen LogP contribution in [0.4, 0.5) is 0 Å². The summed E-state index contributed by atoms with van der Waals surface area (Å²) in [6.07, 6.45) is 0. The lowest BCUT2D eigenvalue weighted by molar-refractivity contribution is 0.0466. The van der Waals surface area contributed by atoms with Gasteiger partial charge in [-0.2, -0.15) is 0 Å². The fraction of sp³-hybridized carbons (Fsp3) is 0.118. The van der Waals surface area contributed by atoms with E-state index >= 15 is 0 Å². The number of aromatic amines is 1. The van der Waals surface area contributed by atoms with Crippen LogP contribution in [0.25, 0.3) is 10.9 Å². The predicted octanol–water partition coefficient (Wildman–Crippen LogP) is 3.83. The van der Waals surface area contributed by atoms with Crippen LogP contribution >= 0.6 is 0 Å². The first kappa shape index (κ1) is 12.5. The van der Waals surface area contributed by atoms with Crippen molar-refractivity contribution in [2.45, 2.75) is 13.5 Å². The molecule has 0 unspecified atom stereocenters. The number of esters is 1. The van der Waals surface area contributed by atoms with Crippen LogP contribution < -0.4 is 0 Å². The SMILES string of the molecule is Cc1c(C(=O)OCc2ccccc2)[nH]c2ccccc12. The van der Waals surface area contributed by atoms with E-state index in [0.29, 0.717) is 5.69 Å². The molecule has 3 nitrogen and oxygen atoms in total. The second-order valence-electron chi connectivity index (χ2n) is 4.73.